The molecule has 7 heteroatoms. The molecule has 0 saturated carbocycles. The summed E-state index contributed by atoms with van der Waals surface area (Å²) in [6.45, 7) is 0. The maximum atomic E-state index is 12.7. The van der Waals surface area contributed by atoms with Crippen molar-refractivity contribution in [2.24, 2.45) is 0 Å². The molecule has 22 heavy (non-hydrogen) atoms. The molecule has 1 aromatic carbocycles. The Morgan fingerprint density at radius 1 is 1.05 bits per heavy atom. The lowest BCUT2D eigenvalue weighted by Gasteiger charge is -2.12. The topological polar surface area (TPSA) is 82.6 Å². The van der Waals surface area contributed by atoms with Gasteiger partial charge >= 0.3 is 0 Å². The number of ketones is 1. The summed E-state index contributed by atoms with van der Waals surface area (Å²) < 4.78 is 15.4. The Morgan fingerprint density at radius 3 is 2.18 bits per heavy atom. The first-order valence-electron chi connectivity index (χ1n) is 6.51. The van der Waals surface area contributed by atoms with E-state index < -0.39 is 0 Å². The fourth-order valence-electron chi connectivity index (χ4n) is 1.98. The second kappa shape index (κ2) is 6.75. The molecule has 0 amide bonds. The highest BCUT2D eigenvalue weighted by Crippen LogP contribution is 2.29. The predicted molar refractivity (Wildman–Crippen MR) is 81.1 cm³/mol. The molecular formula is C15H17N3O4. The Bertz CT molecular complexity index is 666. The first-order valence-corrected chi connectivity index (χ1v) is 6.51. The summed E-state index contributed by atoms with van der Waals surface area (Å²) in [6.07, 6.45) is 0. The predicted octanol–water partition coefficient (Wildman–Crippen LogP) is 1.78. The van der Waals surface area contributed by atoms with Gasteiger partial charge in [0.25, 0.3) is 0 Å². The Labute approximate surface area is 128 Å². The number of rotatable bonds is 6. The van der Waals surface area contributed by atoms with Gasteiger partial charge in [-0.15, -0.1) is 0 Å². The van der Waals surface area contributed by atoms with Gasteiger partial charge in [0.15, 0.2) is 0 Å². The molecule has 0 fully saturated rings. The normalized spacial score (nSPS) is 10.0. The Hall–Kier alpha value is -2.83. The summed E-state index contributed by atoms with van der Waals surface area (Å²) in [5.74, 6) is 0.692. The fraction of sp³-hybridized carbons (Fsp3) is 0.267. The van der Waals surface area contributed by atoms with Crippen LogP contribution in [0.3, 0.4) is 0 Å². The molecule has 2 aromatic rings. The number of carbonyl (C=O) groups excluding carboxylic acids is 1. The van der Waals surface area contributed by atoms with Crippen LogP contribution in [0, 0.1) is 0 Å². The molecule has 0 unspecified atom stereocenters. The van der Waals surface area contributed by atoms with Gasteiger partial charge in [-0.1, -0.05) is 6.07 Å². The third-order valence-electron chi connectivity index (χ3n) is 3.04. The summed E-state index contributed by atoms with van der Waals surface area (Å²) in [6, 6.07) is 6.66. The van der Waals surface area contributed by atoms with E-state index in [1.165, 1.54) is 27.4 Å². The molecule has 1 heterocycles. The van der Waals surface area contributed by atoms with E-state index in [0.29, 0.717) is 17.0 Å². The van der Waals surface area contributed by atoms with E-state index in [9.17, 15) is 4.79 Å². The van der Waals surface area contributed by atoms with E-state index in [2.05, 4.69) is 15.3 Å². The lowest BCUT2D eigenvalue weighted by atomic mass is 10.1. The maximum Gasteiger partial charge on any atom is 0.232 e. The van der Waals surface area contributed by atoms with Gasteiger partial charge in [0.05, 0.1) is 38.6 Å². The SMILES string of the molecule is CNc1c(OC)cccc1C(=O)c1nc(OC)cc(OC)n1. The molecule has 0 radical (unpaired) electrons. The number of nitrogens with zero attached hydrogens (tertiary/aromatic N) is 2. The minimum atomic E-state index is -0.361. The highest BCUT2D eigenvalue weighted by Gasteiger charge is 2.20. The third-order valence-corrected chi connectivity index (χ3v) is 3.04. The van der Waals surface area contributed by atoms with E-state index in [1.54, 1.807) is 25.2 Å². The quantitative estimate of drug-likeness (QED) is 0.814. The summed E-state index contributed by atoms with van der Waals surface area (Å²) in [5, 5.41) is 2.96. The van der Waals surface area contributed by atoms with Crippen LogP contribution in [0.15, 0.2) is 24.3 Å². The number of ether oxygens (including phenoxy) is 3. The van der Waals surface area contributed by atoms with Crippen molar-refractivity contribution in [1.82, 2.24) is 9.97 Å². The van der Waals surface area contributed by atoms with E-state index in [-0.39, 0.29) is 23.4 Å². The summed E-state index contributed by atoms with van der Waals surface area (Å²) in [4.78, 5) is 20.8. The highest BCUT2D eigenvalue weighted by molar-refractivity contribution is 6.11. The molecular weight excluding hydrogens is 286 g/mol. The molecule has 0 aliphatic rings. The molecule has 0 aliphatic heterocycles. The van der Waals surface area contributed by atoms with Crippen molar-refractivity contribution in [2.75, 3.05) is 33.7 Å². The lowest BCUT2D eigenvalue weighted by Crippen LogP contribution is -2.11. The molecule has 0 saturated heterocycles. The van der Waals surface area contributed by atoms with Crippen molar-refractivity contribution in [3.8, 4) is 17.5 Å². The van der Waals surface area contributed by atoms with Crippen LogP contribution in [0.25, 0.3) is 0 Å². The number of anilines is 1. The van der Waals surface area contributed by atoms with Crippen LogP contribution in [0.4, 0.5) is 5.69 Å². The van der Waals surface area contributed by atoms with Gasteiger partial charge in [-0.3, -0.25) is 4.79 Å². The van der Waals surface area contributed by atoms with Crippen molar-refractivity contribution >= 4 is 11.5 Å². The number of methoxy groups -OCH3 is 3. The van der Waals surface area contributed by atoms with Crippen LogP contribution in [-0.4, -0.2) is 44.1 Å². The van der Waals surface area contributed by atoms with Gasteiger partial charge in [0.2, 0.25) is 23.4 Å². The van der Waals surface area contributed by atoms with Crippen molar-refractivity contribution in [2.45, 2.75) is 0 Å². The molecule has 116 valence electrons. The number of hydrogen-bond donors (Lipinski definition) is 1. The highest BCUT2D eigenvalue weighted by atomic mass is 16.5. The van der Waals surface area contributed by atoms with Gasteiger partial charge in [-0.05, 0) is 12.1 Å². The number of para-hydroxylation sites is 1. The minimum Gasteiger partial charge on any atom is -0.495 e. The lowest BCUT2D eigenvalue weighted by molar-refractivity contribution is 0.102. The zero-order valence-electron chi connectivity index (χ0n) is 12.8. The second-order valence-corrected chi connectivity index (χ2v) is 4.24. The smallest absolute Gasteiger partial charge is 0.232 e. The van der Waals surface area contributed by atoms with E-state index in [1.807, 2.05) is 0 Å². The summed E-state index contributed by atoms with van der Waals surface area (Å²) in [7, 11) is 6.17. The van der Waals surface area contributed by atoms with Crippen LogP contribution >= 0.6 is 0 Å². The minimum absolute atomic E-state index is 0.0130. The maximum absolute atomic E-state index is 12.7. The van der Waals surface area contributed by atoms with Crippen LogP contribution in [-0.2, 0) is 0 Å². The van der Waals surface area contributed by atoms with Crippen molar-refractivity contribution in [1.29, 1.82) is 0 Å². The molecule has 0 aliphatic carbocycles. The number of aromatic nitrogens is 2. The van der Waals surface area contributed by atoms with Gasteiger partial charge in [0.1, 0.15) is 5.75 Å². The monoisotopic (exact) mass is 303 g/mol. The van der Waals surface area contributed by atoms with E-state index in [0.717, 1.165) is 0 Å². The molecule has 0 spiro atoms. The summed E-state index contributed by atoms with van der Waals surface area (Å²) in [5.41, 5.74) is 0.970. The average Bonchev–Trinajstić information content (AvgIpc) is 2.59. The van der Waals surface area contributed by atoms with Crippen molar-refractivity contribution in [3.05, 3.63) is 35.7 Å². The molecule has 2 rings (SSSR count). The number of benzene rings is 1. The van der Waals surface area contributed by atoms with E-state index in [4.69, 9.17) is 14.2 Å². The first-order chi connectivity index (χ1) is 10.6. The van der Waals surface area contributed by atoms with Crippen LogP contribution < -0.4 is 19.5 Å². The number of carbonyl (C=O) groups is 1. The zero-order chi connectivity index (χ0) is 16.1. The van der Waals surface area contributed by atoms with Gasteiger partial charge in [-0.2, -0.15) is 9.97 Å². The van der Waals surface area contributed by atoms with Gasteiger partial charge in [-0.25, -0.2) is 0 Å². The van der Waals surface area contributed by atoms with Crippen LogP contribution in [0.2, 0.25) is 0 Å². The molecule has 1 N–H and O–H groups in total. The van der Waals surface area contributed by atoms with Crippen molar-refractivity contribution < 1.29 is 19.0 Å². The fourth-order valence-corrected chi connectivity index (χ4v) is 1.98. The Morgan fingerprint density at radius 2 is 1.68 bits per heavy atom. The van der Waals surface area contributed by atoms with Crippen LogP contribution in [0.5, 0.6) is 17.5 Å². The Balaban J connectivity index is 2.53. The number of nitrogens with one attached hydrogen (secondary N) is 1. The molecule has 0 bridgehead atoms. The molecule has 7 nitrogen and oxygen atoms in total. The largest absolute Gasteiger partial charge is 0.495 e. The molecule has 1 aromatic heterocycles. The Kier molecular flexibility index (Phi) is 4.77. The summed E-state index contributed by atoms with van der Waals surface area (Å²) >= 11 is 0. The standard InChI is InChI=1S/C15H17N3O4/c1-16-13-9(6-5-7-10(13)20-2)14(19)15-17-11(21-3)8-12(18-15)22-4/h5-8,16H,1-4H3. The average molecular weight is 303 g/mol. The third kappa shape index (κ3) is 2.93. The van der Waals surface area contributed by atoms with Gasteiger partial charge < -0.3 is 19.5 Å². The first kappa shape index (κ1) is 15.6. The van der Waals surface area contributed by atoms with Gasteiger partial charge in [0, 0.05) is 7.05 Å². The number of hydrogen-bond acceptors (Lipinski definition) is 7. The molecule has 0 atom stereocenters. The van der Waals surface area contributed by atoms with Crippen molar-refractivity contribution in [3.63, 3.8) is 0 Å². The second-order valence-electron chi connectivity index (χ2n) is 4.24. The van der Waals surface area contributed by atoms with Crippen LogP contribution in [0.1, 0.15) is 16.2 Å². The van der Waals surface area contributed by atoms with E-state index >= 15 is 0 Å². The zero-order valence-corrected chi connectivity index (χ0v) is 12.8.